The van der Waals surface area contributed by atoms with Crippen LogP contribution in [0.1, 0.15) is 47.9 Å². The van der Waals surface area contributed by atoms with Crippen molar-refractivity contribution < 1.29 is 4.74 Å². The number of methoxy groups -OCH3 is 1. The van der Waals surface area contributed by atoms with E-state index >= 15 is 0 Å². The van der Waals surface area contributed by atoms with Crippen molar-refractivity contribution in [2.24, 2.45) is 0 Å². The third kappa shape index (κ3) is 6.94. The van der Waals surface area contributed by atoms with E-state index in [1.165, 1.54) is 16.3 Å². The summed E-state index contributed by atoms with van der Waals surface area (Å²) in [7, 11) is 1.69. The molecule has 0 amide bonds. The largest absolute Gasteiger partial charge is 0.497 e. The highest BCUT2D eigenvalue weighted by Gasteiger charge is 2.07. The van der Waals surface area contributed by atoms with Crippen LogP contribution in [-0.2, 0) is 12.8 Å². The average molecular weight is 443 g/mol. The Morgan fingerprint density at radius 2 is 1.47 bits per heavy atom. The van der Waals surface area contributed by atoms with Crippen molar-refractivity contribution in [1.29, 1.82) is 0 Å². The molecule has 0 aliphatic carbocycles. The Bertz CT molecular complexity index is 1340. The minimum absolute atomic E-state index is 0.715. The van der Waals surface area contributed by atoms with Crippen molar-refractivity contribution in [2.45, 2.75) is 38.5 Å². The van der Waals surface area contributed by atoms with Crippen LogP contribution in [0.4, 0.5) is 0 Å². The molecular formula is C33H30O. The van der Waals surface area contributed by atoms with Crippen LogP contribution >= 0.6 is 0 Å². The van der Waals surface area contributed by atoms with Crippen molar-refractivity contribution in [1.82, 2.24) is 0 Å². The summed E-state index contributed by atoms with van der Waals surface area (Å²) in [5.41, 5.74) is 4.47. The van der Waals surface area contributed by atoms with Crippen LogP contribution in [0, 0.1) is 35.5 Å². The molecule has 1 nitrogen and oxygen atoms in total. The van der Waals surface area contributed by atoms with Gasteiger partial charge in [-0.2, -0.15) is 0 Å². The second-order valence-corrected chi connectivity index (χ2v) is 7.79. The van der Waals surface area contributed by atoms with Crippen LogP contribution in [0.15, 0.2) is 79.9 Å². The van der Waals surface area contributed by atoms with Gasteiger partial charge in [-0.25, -0.2) is 0 Å². The van der Waals surface area contributed by atoms with E-state index in [1.807, 2.05) is 24.3 Å². The Morgan fingerprint density at radius 1 is 0.765 bits per heavy atom. The van der Waals surface area contributed by atoms with Crippen LogP contribution in [0.25, 0.3) is 10.8 Å². The summed E-state index contributed by atoms with van der Waals surface area (Å²) in [5.74, 6) is 20.5. The molecule has 3 aromatic rings. The van der Waals surface area contributed by atoms with Crippen LogP contribution in [-0.4, -0.2) is 7.11 Å². The molecule has 0 aliphatic rings. The molecule has 3 rings (SSSR count). The van der Waals surface area contributed by atoms with E-state index in [2.05, 4.69) is 91.1 Å². The van der Waals surface area contributed by atoms with Gasteiger partial charge in [0.05, 0.1) is 7.11 Å². The van der Waals surface area contributed by atoms with E-state index in [9.17, 15) is 0 Å². The van der Waals surface area contributed by atoms with Gasteiger partial charge >= 0.3 is 0 Å². The zero-order chi connectivity index (χ0) is 24.0. The Kier molecular flexibility index (Phi) is 9.69. The number of benzene rings is 3. The molecule has 0 aromatic heterocycles. The fourth-order valence-corrected chi connectivity index (χ4v) is 3.69. The van der Waals surface area contributed by atoms with Gasteiger partial charge in [-0.15, -0.1) is 25.0 Å². The number of ether oxygens (including phenoxy) is 1. The molecule has 1 heteroatoms. The fraction of sp³-hybridized carbons (Fsp3) is 0.212. The quantitative estimate of drug-likeness (QED) is 0.276. The first-order chi connectivity index (χ1) is 16.8. The van der Waals surface area contributed by atoms with Crippen molar-refractivity contribution >= 4 is 10.8 Å². The molecule has 0 aliphatic heterocycles. The van der Waals surface area contributed by atoms with Crippen molar-refractivity contribution in [3.05, 3.63) is 102 Å². The maximum atomic E-state index is 5.45. The Hall–Kier alpha value is -4.12. The van der Waals surface area contributed by atoms with Crippen LogP contribution in [0.3, 0.4) is 0 Å². The monoisotopic (exact) mass is 442 g/mol. The van der Waals surface area contributed by atoms with Crippen molar-refractivity contribution in [3.63, 3.8) is 0 Å². The lowest BCUT2D eigenvalue weighted by molar-refractivity contribution is 0.414. The number of rotatable bonds is 7. The van der Waals surface area contributed by atoms with Crippen LogP contribution in [0.2, 0.25) is 0 Å². The molecule has 0 saturated heterocycles. The highest BCUT2D eigenvalue weighted by atomic mass is 16.5. The van der Waals surface area contributed by atoms with Gasteiger partial charge in [-0.05, 0) is 52.9 Å². The summed E-state index contributed by atoms with van der Waals surface area (Å²) in [6, 6.07) is 18.9. The zero-order valence-corrected chi connectivity index (χ0v) is 19.9. The Morgan fingerprint density at radius 3 is 2.18 bits per heavy atom. The normalized spacial score (nSPS) is 9.56. The number of allylic oxidation sites excluding steroid dienone is 2. The SMILES string of the molecule is C=CCC#CCCc1cc(OC)ccc1C#Cc1c(CCC#CCC=C)ccc2ccccc12. The van der Waals surface area contributed by atoms with Crippen molar-refractivity contribution in [2.75, 3.05) is 7.11 Å². The van der Waals surface area contributed by atoms with E-state index in [0.29, 0.717) is 6.42 Å². The summed E-state index contributed by atoms with van der Waals surface area (Å²) in [6.45, 7) is 7.45. The van der Waals surface area contributed by atoms with E-state index in [-0.39, 0.29) is 0 Å². The Balaban J connectivity index is 1.97. The zero-order valence-electron chi connectivity index (χ0n) is 19.9. The highest BCUT2D eigenvalue weighted by molar-refractivity contribution is 5.89. The lowest BCUT2D eigenvalue weighted by Gasteiger charge is -2.08. The van der Waals surface area contributed by atoms with Gasteiger partial charge in [0.25, 0.3) is 0 Å². The van der Waals surface area contributed by atoms with E-state index in [4.69, 9.17) is 4.74 Å². The average Bonchev–Trinajstić information content (AvgIpc) is 2.87. The minimum atomic E-state index is 0.715. The highest BCUT2D eigenvalue weighted by Crippen LogP contribution is 2.24. The summed E-state index contributed by atoms with van der Waals surface area (Å²) in [6.07, 6.45) is 8.37. The predicted octanol–water partition coefficient (Wildman–Crippen LogP) is 7.27. The topological polar surface area (TPSA) is 9.23 Å². The van der Waals surface area contributed by atoms with E-state index < -0.39 is 0 Å². The third-order valence-corrected chi connectivity index (χ3v) is 5.43. The Labute approximate surface area is 204 Å². The van der Waals surface area contributed by atoms with Crippen LogP contribution in [0.5, 0.6) is 5.75 Å². The first-order valence-electron chi connectivity index (χ1n) is 11.6. The molecule has 0 radical (unpaired) electrons. The molecule has 168 valence electrons. The molecule has 3 aromatic carbocycles. The van der Waals surface area contributed by atoms with Gasteiger partial charge in [-0.1, -0.05) is 72.2 Å². The first-order valence-corrected chi connectivity index (χ1v) is 11.6. The maximum absolute atomic E-state index is 5.45. The summed E-state index contributed by atoms with van der Waals surface area (Å²) >= 11 is 0. The maximum Gasteiger partial charge on any atom is 0.119 e. The molecule has 0 heterocycles. The first kappa shape index (κ1) is 24.5. The van der Waals surface area contributed by atoms with Gasteiger partial charge in [0.1, 0.15) is 5.75 Å². The van der Waals surface area contributed by atoms with Gasteiger partial charge < -0.3 is 4.74 Å². The molecular weight excluding hydrogens is 412 g/mol. The molecule has 0 spiro atoms. The smallest absolute Gasteiger partial charge is 0.119 e. The second-order valence-electron chi connectivity index (χ2n) is 7.79. The lowest BCUT2D eigenvalue weighted by atomic mass is 9.95. The molecule has 0 atom stereocenters. The van der Waals surface area contributed by atoms with Crippen LogP contribution < -0.4 is 4.74 Å². The van der Waals surface area contributed by atoms with Gasteiger partial charge in [0.2, 0.25) is 0 Å². The molecule has 34 heavy (non-hydrogen) atoms. The summed E-state index contributed by atoms with van der Waals surface area (Å²) in [5, 5.41) is 2.37. The van der Waals surface area contributed by atoms with Gasteiger partial charge in [0.15, 0.2) is 0 Å². The lowest BCUT2D eigenvalue weighted by Crippen LogP contribution is -1.94. The third-order valence-electron chi connectivity index (χ3n) is 5.43. The van der Waals surface area contributed by atoms with Crippen molar-refractivity contribution in [3.8, 4) is 41.3 Å². The molecule has 0 unspecified atom stereocenters. The molecule has 0 fully saturated rings. The fourth-order valence-electron chi connectivity index (χ4n) is 3.69. The molecule has 0 N–H and O–H groups in total. The van der Waals surface area contributed by atoms with E-state index in [0.717, 1.165) is 54.5 Å². The standard InChI is InChI=1S/C33H30O/c1-4-6-8-10-12-16-29-21-20-28-17-14-15-19-32(28)33(29)25-23-27-22-24-31(34-3)26-30(27)18-13-11-9-7-5-2/h4-5,14-15,17,19-22,24,26H,1-2,6-7,12-13,16,18H2,3H3. The predicted molar refractivity (Wildman–Crippen MR) is 145 cm³/mol. The molecule has 0 bridgehead atoms. The molecule has 0 saturated carbocycles. The summed E-state index contributed by atoms with van der Waals surface area (Å²) < 4.78 is 5.45. The number of fused-ring (bicyclic) bond motifs is 1. The number of aryl methyl sites for hydroxylation is 2. The summed E-state index contributed by atoms with van der Waals surface area (Å²) in [4.78, 5) is 0. The number of hydrogen-bond donors (Lipinski definition) is 0. The van der Waals surface area contributed by atoms with Gasteiger partial charge in [-0.3, -0.25) is 0 Å². The second kappa shape index (κ2) is 13.4. The number of hydrogen-bond acceptors (Lipinski definition) is 1. The van der Waals surface area contributed by atoms with E-state index in [1.54, 1.807) is 7.11 Å². The minimum Gasteiger partial charge on any atom is -0.497 e. The van der Waals surface area contributed by atoms with Gasteiger partial charge in [0, 0.05) is 36.8 Å².